The van der Waals surface area contributed by atoms with Gasteiger partial charge in [-0.05, 0) is 31.9 Å². The highest BCUT2D eigenvalue weighted by molar-refractivity contribution is 5.90. The van der Waals surface area contributed by atoms with E-state index in [1.165, 1.54) is 5.56 Å². The van der Waals surface area contributed by atoms with Gasteiger partial charge in [-0.3, -0.25) is 4.79 Å². The van der Waals surface area contributed by atoms with Crippen molar-refractivity contribution in [3.05, 3.63) is 29.8 Å². The smallest absolute Gasteiger partial charge is 0.224 e. The highest BCUT2D eigenvalue weighted by atomic mass is 16.1. The molecular formula is C15H20N2O. The van der Waals surface area contributed by atoms with Gasteiger partial charge < -0.3 is 5.32 Å². The zero-order valence-electron chi connectivity index (χ0n) is 11.1. The molecule has 18 heavy (non-hydrogen) atoms. The number of aryl methyl sites for hydroxylation is 1. The van der Waals surface area contributed by atoms with Gasteiger partial charge in [-0.15, -0.1) is 0 Å². The second-order valence-electron chi connectivity index (χ2n) is 4.57. The molecule has 1 rings (SSSR count). The predicted octanol–water partition coefficient (Wildman–Crippen LogP) is 3.65. The third kappa shape index (κ3) is 5.01. The van der Waals surface area contributed by atoms with Gasteiger partial charge in [0.15, 0.2) is 0 Å². The Bertz CT molecular complexity index is 417. The maximum absolute atomic E-state index is 11.7. The first-order valence-corrected chi connectivity index (χ1v) is 6.41. The van der Waals surface area contributed by atoms with Crippen LogP contribution in [0.5, 0.6) is 0 Å². The zero-order chi connectivity index (χ0) is 13.4. The second-order valence-corrected chi connectivity index (χ2v) is 4.57. The van der Waals surface area contributed by atoms with Gasteiger partial charge >= 0.3 is 0 Å². The summed E-state index contributed by atoms with van der Waals surface area (Å²) in [5.41, 5.74) is 1.98. The molecule has 3 heteroatoms. The van der Waals surface area contributed by atoms with Gasteiger partial charge in [0.1, 0.15) is 0 Å². The second kappa shape index (κ2) is 7.50. The van der Waals surface area contributed by atoms with E-state index in [1.807, 2.05) is 31.2 Å². The van der Waals surface area contributed by atoms with E-state index in [9.17, 15) is 4.79 Å². The third-order valence-corrected chi connectivity index (χ3v) is 2.87. The van der Waals surface area contributed by atoms with Crippen molar-refractivity contribution in [2.45, 2.75) is 39.5 Å². The zero-order valence-corrected chi connectivity index (χ0v) is 11.1. The minimum atomic E-state index is -0.0183. The minimum absolute atomic E-state index is 0.00114. The van der Waals surface area contributed by atoms with Crippen molar-refractivity contribution in [2.24, 2.45) is 5.92 Å². The van der Waals surface area contributed by atoms with Crippen molar-refractivity contribution in [1.29, 1.82) is 5.26 Å². The Labute approximate surface area is 109 Å². The average molecular weight is 244 g/mol. The summed E-state index contributed by atoms with van der Waals surface area (Å²) in [6.45, 7) is 4.06. The van der Waals surface area contributed by atoms with Crippen molar-refractivity contribution in [3.63, 3.8) is 0 Å². The molecule has 1 unspecified atom stereocenters. The number of amides is 1. The number of carbonyl (C=O) groups is 1. The number of benzene rings is 1. The Balaban J connectivity index is 2.38. The van der Waals surface area contributed by atoms with E-state index in [0.717, 1.165) is 18.5 Å². The summed E-state index contributed by atoms with van der Waals surface area (Å²) in [6, 6.07) is 9.96. The lowest BCUT2D eigenvalue weighted by Gasteiger charge is -2.08. The first-order valence-electron chi connectivity index (χ1n) is 6.41. The lowest BCUT2D eigenvalue weighted by molar-refractivity contribution is -0.116. The number of carbonyl (C=O) groups excluding carboxylic acids is 1. The summed E-state index contributed by atoms with van der Waals surface area (Å²) in [7, 11) is 0. The van der Waals surface area contributed by atoms with E-state index in [-0.39, 0.29) is 11.8 Å². The van der Waals surface area contributed by atoms with Crippen molar-refractivity contribution in [3.8, 4) is 6.07 Å². The molecule has 1 amide bonds. The summed E-state index contributed by atoms with van der Waals surface area (Å²) in [5.74, 6) is -0.0195. The Morgan fingerprint density at radius 2 is 2.00 bits per heavy atom. The van der Waals surface area contributed by atoms with Gasteiger partial charge in [-0.2, -0.15) is 5.26 Å². The Hall–Kier alpha value is -1.82. The van der Waals surface area contributed by atoms with E-state index >= 15 is 0 Å². The van der Waals surface area contributed by atoms with Crippen LogP contribution in [0.4, 0.5) is 5.69 Å². The number of nitrogens with zero attached hydrogens (tertiary/aromatic N) is 1. The van der Waals surface area contributed by atoms with Crippen LogP contribution in [0.1, 0.15) is 38.2 Å². The van der Waals surface area contributed by atoms with Crippen LogP contribution in [0.3, 0.4) is 0 Å². The summed E-state index contributed by atoms with van der Waals surface area (Å²) in [6.07, 6.45) is 2.90. The first-order chi connectivity index (χ1) is 8.65. The molecule has 0 bridgehead atoms. The molecule has 3 nitrogen and oxygen atoms in total. The molecular weight excluding hydrogens is 224 g/mol. The Morgan fingerprint density at radius 1 is 1.33 bits per heavy atom. The van der Waals surface area contributed by atoms with Crippen LogP contribution in [0.25, 0.3) is 0 Å². The molecule has 0 radical (unpaired) electrons. The van der Waals surface area contributed by atoms with Gasteiger partial charge in [-0.1, -0.05) is 31.0 Å². The van der Waals surface area contributed by atoms with E-state index in [4.69, 9.17) is 5.26 Å². The Morgan fingerprint density at radius 3 is 2.56 bits per heavy atom. The number of nitriles is 1. The fourth-order valence-electron chi connectivity index (χ4n) is 1.79. The number of nitrogens with one attached hydrogen (secondary N) is 1. The van der Waals surface area contributed by atoms with Crippen molar-refractivity contribution in [1.82, 2.24) is 0 Å². The average Bonchev–Trinajstić information content (AvgIpc) is 2.37. The molecule has 0 saturated heterocycles. The van der Waals surface area contributed by atoms with Gasteiger partial charge in [0, 0.05) is 18.0 Å². The summed E-state index contributed by atoms with van der Waals surface area (Å²) >= 11 is 0. The molecule has 1 aromatic carbocycles. The van der Waals surface area contributed by atoms with Crippen molar-refractivity contribution >= 4 is 11.6 Å². The largest absolute Gasteiger partial charge is 0.326 e. The molecule has 1 N–H and O–H groups in total. The third-order valence-electron chi connectivity index (χ3n) is 2.87. The minimum Gasteiger partial charge on any atom is -0.326 e. The summed E-state index contributed by atoms with van der Waals surface area (Å²) < 4.78 is 0. The normalized spacial score (nSPS) is 11.6. The number of hydrogen-bond donors (Lipinski definition) is 1. The molecule has 0 heterocycles. The first kappa shape index (κ1) is 14.2. The molecule has 1 aromatic rings. The number of rotatable bonds is 6. The fraction of sp³-hybridized carbons (Fsp3) is 0.467. The highest BCUT2D eigenvalue weighted by Crippen LogP contribution is 2.14. The lowest BCUT2D eigenvalue weighted by Crippen LogP contribution is -2.13. The Kier molecular flexibility index (Phi) is 5.93. The van der Waals surface area contributed by atoms with Crippen LogP contribution in [0, 0.1) is 24.2 Å². The maximum Gasteiger partial charge on any atom is 0.224 e. The van der Waals surface area contributed by atoms with Crippen LogP contribution in [-0.2, 0) is 4.79 Å². The highest BCUT2D eigenvalue weighted by Gasteiger charge is 2.09. The predicted molar refractivity (Wildman–Crippen MR) is 73.1 cm³/mol. The molecule has 0 saturated carbocycles. The molecule has 0 spiro atoms. The summed E-state index contributed by atoms with van der Waals surface area (Å²) in [4.78, 5) is 11.7. The number of hydrogen-bond acceptors (Lipinski definition) is 2. The monoisotopic (exact) mass is 244 g/mol. The molecule has 0 aromatic heterocycles. The van der Waals surface area contributed by atoms with Crippen LogP contribution >= 0.6 is 0 Å². The van der Waals surface area contributed by atoms with Gasteiger partial charge in [0.2, 0.25) is 5.91 Å². The quantitative estimate of drug-likeness (QED) is 0.830. The molecule has 0 aliphatic heterocycles. The van der Waals surface area contributed by atoms with Gasteiger partial charge in [-0.25, -0.2) is 0 Å². The van der Waals surface area contributed by atoms with E-state index < -0.39 is 0 Å². The van der Waals surface area contributed by atoms with Crippen molar-refractivity contribution in [2.75, 3.05) is 5.32 Å². The standard InChI is InChI=1S/C15H20N2O/c1-3-4-13(11-16)7-10-15(18)17-14-8-5-12(2)6-9-14/h5-6,8-9,13H,3-4,7,10H2,1-2H3,(H,17,18). The topological polar surface area (TPSA) is 52.9 Å². The van der Waals surface area contributed by atoms with Gasteiger partial charge in [0.05, 0.1) is 6.07 Å². The number of anilines is 1. The molecule has 0 fully saturated rings. The molecule has 96 valence electrons. The van der Waals surface area contributed by atoms with E-state index in [1.54, 1.807) is 0 Å². The van der Waals surface area contributed by atoms with E-state index in [0.29, 0.717) is 12.8 Å². The molecule has 0 aliphatic carbocycles. The molecule has 0 aliphatic rings. The van der Waals surface area contributed by atoms with Crippen LogP contribution < -0.4 is 5.32 Å². The lowest BCUT2D eigenvalue weighted by atomic mass is 9.99. The summed E-state index contributed by atoms with van der Waals surface area (Å²) in [5, 5.41) is 11.8. The van der Waals surface area contributed by atoms with E-state index in [2.05, 4.69) is 18.3 Å². The van der Waals surface area contributed by atoms with Crippen molar-refractivity contribution < 1.29 is 4.79 Å². The molecule has 1 atom stereocenters. The van der Waals surface area contributed by atoms with Crippen LogP contribution in [-0.4, -0.2) is 5.91 Å². The maximum atomic E-state index is 11.7. The van der Waals surface area contributed by atoms with Gasteiger partial charge in [0.25, 0.3) is 0 Å². The van der Waals surface area contributed by atoms with Crippen LogP contribution in [0.15, 0.2) is 24.3 Å². The SMILES string of the molecule is CCCC(C#N)CCC(=O)Nc1ccc(C)cc1. The fourth-order valence-corrected chi connectivity index (χ4v) is 1.79. The van der Waals surface area contributed by atoms with Crippen LogP contribution in [0.2, 0.25) is 0 Å².